The van der Waals surface area contributed by atoms with Gasteiger partial charge in [-0.05, 0) is 42.5 Å². The van der Waals surface area contributed by atoms with Crippen LogP contribution in [0.1, 0.15) is 5.56 Å². The number of pyridine rings is 1. The van der Waals surface area contributed by atoms with Crippen molar-refractivity contribution in [2.45, 2.75) is 0 Å². The van der Waals surface area contributed by atoms with E-state index in [1.165, 1.54) is 11.3 Å². The molecule has 0 aliphatic heterocycles. The van der Waals surface area contributed by atoms with E-state index in [-0.39, 0.29) is 0 Å². The average Bonchev–Trinajstić information content (AvgIpc) is 3.42. The minimum Gasteiger partial charge on any atom is -0.496 e. The van der Waals surface area contributed by atoms with Crippen LogP contribution in [0.3, 0.4) is 0 Å². The third kappa shape index (κ3) is 4.15. The van der Waals surface area contributed by atoms with Gasteiger partial charge in [-0.1, -0.05) is 34.1 Å². The van der Waals surface area contributed by atoms with E-state index in [0.29, 0.717) is 10.6 Å². The first kappa shape index (κ1) is 20.4. The number of para-hydroxylation sites is 1. The van der Waals surface area contributed by atoms with Crippen molar-refractivity contribution in [1.82, 2.24) is 9.66 Å². The molecule has 158 valence electrons. The van der Waals surface area contributed by atoms with E-state index in [9.17, 15) is 0 Å². The van der Waals surface area contributed by atoms with Crippen LogP contribution in [0.2, 0.25) is 0 Å². The van der Waals surface area contributed by atoms with Crippen molar-refractivity contribution in [1.29, 1.82) is 0 Å². The molecule has 0 fully saturated rings. The summed E-state index contributed by atoms with van der Waals surface area (Å²) < 4.78 is 14.3. The summed E-state index contributed by atoms with van der Waals surface area (Å²) in [5.41, 5.74) is 3.21. The third-order valence-electron chi connectivity index (χ3n) is 4.74. The molecule has 3 heterocycles. The summed E-state index contributed by atoms with van der Waals surface area (Å²) in [5, 5.41) is 7.78. The fourth-order valence-electron chi connectivity index (χ4n) is 3.22. The van der Waals surface area contributed by atoms with Gasteiger partial charge in [0.05, 0.1) is 25.2 Å². The molecule has 6 nitrogen and oxygen atoms in total. The highest BCUT2D eigenvalue weighted by atomic mass is 79.9. The summed E-state index contributed by atoms with van der Waals surface area (Å²) in [6, 6.07) is 19.5. The summed E-state index contributed by atoms with van der Waals surface area (Å²) in [5.74, 6) is 1.44. The molecule has 32 heavy (non-hydrogen) atoms. The first-order valence-electron chi connectivity index (χ1n) is 9.73. The van der Waals surface area contributed by atoms with Crippen molar-refractivity contribution in [3.05, 3.63) is 93.3 Å². The van der Waals surface area contributed by atoms with E-state index in [4.69, 9.17) is 19.2 Å². The molecule has 8 heteroatoms. The molecule has 0 atom stereocenters. The zero-order valence-corrected chi connectivity index (χ0v) is 19.4. The van der Waals surface area contributed by atoms with Gasteiger partial charge in [-0.25, -0.2) is 9.67 Å². The SMILES string of the molecule is COc1ccc(Br)cc1C=Nn1c(-c2cc3ccccc3o2)csc1=Nc1cccnc1. The lowest BCUT2D eigenvalue weighted by Crippen LogP contribution is -2.11. The predicted octanol–water partition coefficient (Wildman–Crippen LogP) is 6.24. The van der Waals surface area contributed by atoms with E-state index in [1.807, 2.05) is 66.0 Å². The Morgan fingerprint density at radius 3 is 2.84 bits per heavy atom. The Hall–Kier alpha value is -3.49. The highest BCUT2D eigenvalue weighted by Gasteiger charge is 2.13. The lowest BCUT2D eigenvalue weighted by atomic mass is 10.2. The summed E-state index contributed by atoms with van der Waals surface area (Å²) >= 11 is 4.99. The molecule has 0 bridgehead atoms. The number of ether oxygens (including phenoxy) is 1. The minimum atomic E-state index is 0.693. The van der Waals surface area contributed by atoms with Crippen LogP contribution in [0.4, 0.5) is 5.69 Å². The van der Waals surface area contributed by atoms with Crippen molar-refractivity contribution in [3.63, 3.8) is 0 Å². The number of thiazole rings is 1. The molecule has 0 radical (unpaired) electrons. The lowest BCUT2D eigenvalue weighted by molar-refractivity contribution is 0.414. The van der Waals surface area contributed by atoms with Gasteiger partial charge in [0, 0.05) is 27.0 Å². The fourth-order valence-corrected chi connectivity index (χ4v) is 4.44. The van der Waals surface area contributed by atoms with Gasteiger partial charge >= 0.3 is 0 Å². The number of halogens is 1. The van der Waals surface area contributed by atoms with Crippen LogP contribution in [0, 0.1) is 0 Å². The van der Waals surface area contributed by atoms with Crippen LogP contribution in [-0.4, -0.2) is 23.0 Å². The topological polar surface area (TPSA) is 64.9 Å². The van der Waals surface area contributed by atoms with Gasteiger partial charge in [0.1, 0.15) is 17.0 Å². The summed E-state index contributed by atoms with van der Waals surface area (Å²) in [7, 11) is 1.64. The number of rotatable bonds is 5. The second kappa shape index (κ2) is 8.94. The molecule has 0 spiro atoms. The van der Waals surface area contributed by atoms with Crippen molar-refractivity contribution in [2.24, 2.45) is 10.1 Å². The number of aromatic nitrogens is 2. The Morgan fingerprint density at radius 1 is 1.12 bits per heavy atom. The maximum atomic E-state index is 6.10. The molecular formula is C24H17BrN4O2S. The van der Waals surface area contributed by atoms with Gasteiger partial charge in [-0.15, -0.1) is 11.3 Å². The number of fused-ring (bicyclic) bond motifs is 1. The first-order chi connectivity index (χ1) is 15.7. The fraction of sp³-hybridized carbons (Fsp3) is 0.0417. The molecule has 0 saturated carbocycles. The average molecular weight is 505 g/mol. The monoisotopic (exact) mass is 504 g/mol. The van der Waals surface area contributed by atoms with Gasteiger partial charge in [-0.3, -0.25) is 4.98 Å². The molecular weight excluding hydrogens is 488 g/mol. The zero-order chi connectivity index (χ0) is 21.9. The maximum Gasteiger partial charge on any atom is 0.211 e. The number of nitrogens with zero attached hydrogens (tertiary/aromatic N) is 4. The van der Waals surface area contributed by atoms with Crippen LogP contribution < -0.4 is 9.54 Å². The van der Waals surface area contributed by atoms with Crippen LogP contribution in [0.5, 0.6) is 5.75 Å². The summed E-state index contributed by atoms with van der Waals surface area (Å²) in [6.45, 7) is 0. The Balaban J connectivity index is 1.67. The minimum absolute atomic E-state index is 0.693. The van der Waals surface area contributed by atoms with E-state index in [2.05, 4.69) is 20.9 Å². The van der Waals surface area contributed by atoms with Gasteiger partial charge in [0.2, 0.25) is 4.80 Å². The van der Waals surface area contributed by atoms with Gasteiger partial charge < -0.3 is 9.15 Å². The highest BCUT2D eigenvalue weighted by Crippen LogP contribution is 2.28. The van der Waals surface area contributed by atoms with Crippen LogP contribution in [0.25, 0.3) is 22.4 Å². The third-order valence-corrected chi connectivity index (χ3v) is 6.05. The first-order valence-corrected chi connectivity index (χ1v) is 11.4. The number of hydrogen-bond donors (Lipinski definition) is 0. The summed E-state index contributed by atoms with van der Waals surface area (Å²) in [6.07, 6.45) is 5.19. The Labute approximate surface area is 196 Å². The molecule has 3 aromatic heterocycles. The predicted molar refractivity (Wildman–Crippen MR) is 131 cm³/mol. The number of benzene rings is 2. The Morgan fingerprint density at radius 2 is 2.03 bits per heavy atom. The largest absolute Gasteiger partial charge is 0.496 e. The molecule has 0 saturated heterocycles. The van der Waals surface area contributed by atoms with Crippen molar-refractivity contribution in [2.75, 3.05) is 7.11 Å². The normalized spacial score (nSPS) is 12.1. The van der Waals surface area contributed by atoms with Gasteiger partial charge in [0.25, 0.3) is 0 Å². The number of methoxy groups -OCH3 is 1. The molecule has 5 aromatic rings. The lowest BCUT2D eigenvalue weighted by Gasteiger charge is -2.05. The molecule has 0 amide bonds. The van der Waals surface area contributed by atoms with Crippen LogP contribution in [-0.2, 0) is 0 Å². The Kier molecular flexibility index (Phi) is 5.70. The highest BCUT2D eigenvalue weighted by molar-refractivity contribution is 9.10. The standard InChI is InChI=1S/C24H17BrN4O2S/c1-30-21-9-8-18(25)11-17(21)13-27-29-20(23-12-16-5-2-3-7-22(16)31-23)15-32-24(29)28-19-6-4-10-26-14-19/h2-15H,1H3. The molecule has 0 N–H and O–H groups in total. The molecule has 0 aliphatic rings. The van der Waals surface area contributed by atoms with E-state index < -0.39 is 0 Å². The summed E-state index contributed by atoms with van der Waals surface area (Å²) in [4.78, 5) is 9.58. The van der Waals surface area contributed by atoms with Crippen molar-refractivity contribution < 1.29 is 9.15 Å². The quantitative estimate of drug-likeness (QED) is 0.266. The number of furan rings is 1. The van der Waals surface area contributed by atoms with Crippen molar-refractivity contribution >= 4 is 50.1 Å². The molecule has 5 rings (SSSR count). The molecule has 0 aliphatic carbocycles. The van der Waals surface area contributed by atoms with E-state index >= 15 is 0 Å². The second-order valence-electron chi connectivity index (χ2n) is 6.82. The molecule has 0 unspecified atom stereocenters. The van der Waals surface area contributed by atoms with Crippen molar-refractivity contribution in [3.8, 4) is 17.2 Å². The number of hydrogen-bond acceptors (Lipinski definition) is 6. The molecule has 2 aromatic carbocycles. The van der Waals surface area contributed by atoms with E-state index in [0.717, 1.165) is 38.1 Å². The van der Waals surface area contributed by atoms with Crippen LogP contribution in [0.15, 0.2) is 97.4 Å². The smallest absolute Gasteiger partial charge is 0.211 e. The zero-order valence-electron chi connectivity index (χ0n) is 17.0. The van der Waals surface area contributed by atoms with Crippen LogP contribution >= 0.6 is 27.3 Å². The van der Waals surface area contributed by atoms with Gasteiger partial charge in [0.15, 0.2) is 5.76 Å². The Bertz CT molecular complexity index is 1450. The van der Waals surface area contributed by atoms with E-state index in [1.54, 1.807) is 30.4 Å². The second-order valence-corrected chi connectivity index (χ2v) is 8.57. The maximum absolute atomic E-state index is 6.10. The van der Waals surface area contributed by atoms with Gasteiger partial charge in [-0.2, -0.15) is 5.10 Å².